The minimum absolute atomic E-state index is 0.00610. The predicted molar refractivity (Wildman–Crippen MR) is 50.4 cm³/mol. The monoisotopic (exact) mass is 233 g/mol. The number of ether oxygens (including phenoxy) is 1. The second kappa shape index (κ2) is 5.39. The van der Waals surface area contributed by atoms with Gasteiger partial charge in [0.05, 0.1) is 7.11 Å². The van der Waals surface area contributed by atoms with Crippen molar-refractivity contribution < 1.29 is 22.7 Å². The fourth-order valence-corrected chi connectivity index (χ4v) is 1.17. The van der Waals surface area contributed by atoms with Gasteiger partial charge in [-0.05, 0) is 6.42 Å². The topological polar surface area (TPSA) is 38.3 Å². The molecule has 0 fully saturated rings. The minimum Gasteiger partial charge on any atom is -0.453 e. The first-order chi connectivity index (χ1) is 7.54. The van der Waals surface area contributed by atoms with Crippen LogP contribution in [0.5, 0.6) is 0 Å². The highest BCUT2D eigenvalue weighted by molar-refractivity contribution is 5.66. The van der Waals surface area contributed by atoms with Gasteiger partial charge in [-0.3, -0.25) is 0 Å². The normalized spacial score (nSPS) is 10.0. The Kier molecular flexibility index (Phi) is 4.16. The number of amides is 1. The average Bonchev–Trinajstić information content (AvgIpc) is 2.21. The molecule has 1 N–H and O–H groups in total. The highest BCUT2D eigenvalue weighted by Crippen LogP contribution is 2.14. The van der Waals surface area contributed by atoms with Crippen LogP contribution in [-0.2, 0) is 11.2 Å². The zero-order chi connectivity index (χ0) is 12.1. The molecule has 0 aromatic heterocycles. The Morgan fingerprint density at radius 1 is 1.31 bits per heavy atom. The van der Waals surface area contributed by atoms with Crippen LogP contribution in [0.15, 0.2) is 12.1 Å². The van der Waals surface area contributed by atoms with E-state index in [9.17, 15) is 18.0 Å². The molecular formula is C10H10F3NO2. The number of nitrogens with one attached hydrogen (secondary N) is 1. The van der Waals surface area contributed by atoms with E-state index in [1.165, 1.54) is 7.11 Å². The van der Waals surface area contributed by atoms with E-state index in [0.29, 0.717) is 12.1 Å². The van der Waals surface area contributed by atoms with Crippen molar-refractivity contribution in [1.29, 1.82) is 0 Å². The van der Waals surface area contributed by atoms with Crippen LogP contribution >= 0.6 is 0 Å². The van der Waals surface area contributed by atoms with Gasteiger partial charge >= 0.3 is 6.09 Å². The summed E-state index contributed by atoms with van der Waals surface area (Å²) in [6.45, 7) is 0.00610. The fourth-order valence-electron chi connectivity index (χ4n) is 1.17. The maximum atomic E-state index is 13.1. The average molecular weight is 233 g/mol. The molecule has 0 unspecified atom stereocenters. The van der Waals surface area contributed by atoms with Crippen molar-refractivity contribution in [3.63, 3.8) is 0 Å². The molecule has 1 rings (SSSR count). The number of methoxy groups -OCH3 is 1. The van der Waals surface area contributed by atoms with Gasteiger partial charge in [-0.15, -0.1) is 0 Å². The van der Waals surface area contributed by atoms with Crippen LogP contribution in [0.25, 0.3) is 0 Å². The number of halogens is 3. The molecule has 0 saturated carbocycles. The lowest BCUT2D eigenvalue weighted by Crippen LogP contribution is -2.25. The summed E-state index contributed by atoms with van der Waals surface area (Å²) in [6.07, 6.45) is -0.768. The number of alkyl carbamates (subject to hydrolysis) is 1. The van der Waals surface area contributed by atoms with Crippen molar-refractivity contribution in [2.24, 2.45) is 0 Å². The van der Waals surface area contributed by atoms with E-state index < -0.39 is 23.5 Å². The zero-order valence-corrected chi connectivity index (χ0v) is 8.52. The summed E-state index contributed by atoms with van der Waals surface area (Å²) in [5, 5.41) is 2.26. The maximum absolute atomic E-state index is 13.1. The lowest BCUT2D eigenvalue weighted by Gasteiger charge is -2.06. The van der Waals surface area contributed by atoms with Crippen LogP contribution in [0, 0.1) is 17.5 Å². The molecule has 0 aliphatic heterocycles. The lowest BCUT2D eigenvalue weighted by molar-refractivity contribution is 0.171. The SMILES string of the molecule is COC(=O)NCCc1c(F)cc(F)cc1F. The maximum Gasteiger partial charge on any atom is 0.406 e. The number of carbonyl (C=O) groups excluding carboxylic acids is 1. The molecule has 0 aliphatic carbocycles. The molecule has 1 aromatic rings. The van der Waals surface area contributed by atoms with E-state index in [2.05, 4.69) is 10.1 Å². The van der Waals surface area contributed by atoms with E-state index in [0.717, 1.165) is 0 Å². The Balaban J connectivity index is 2.64. The third-order valence-corrected chi connectivity index (χ3v) is 1.94. The fraction of sp³-hybridized carbons (Fsp3) is 0.300. The Morgan fingerprint density at radius 2 is 1.88 bits per heavy atom. The van der Waals surface area contributed by atoms with Crippen molar-refractivity contribution in [2.75, 3.05) is 13.7 Å². The number of benzene rings is 1. The number of carbonyl (C=O) groups is 1. The summed E-state index contributed by atoms with van der Waals surface area (Å²) >= 11 is 0. The molecule has 1 amide bonds. The summed E-state index contributed by atoms with van der Waals surface area (Å²) < 4.78 is 43.0. The van der Waals surface area contributed by atoms with Crippen LogP contribution in [0.2, 0.25) is 0 Å². The molecule has 0 bridgehead atoms. The number of rotatable bonds is 3. The van der Waals surface area contributed by atoms with Gasteiger partial charge in [-0.2, -0.15) is 0 Å². The van der Waals surface area contributed by atoms with E-state index >= 15 is 0 Å². The first-order valence-electron chi connectivity index (χ1n) is 4.50. The van der Waals surface area contributed by atoms with Gasteiger partial charge in [0.2, 0.25) is 0 Å². The molecule has 0 saturated heterocycles. The minimum atomic E-state index is -0.973. The molecule has 6 heteroatoms. The number of hydrogen-bond donors (Lipinski definition) is 1. The molecule has 16 heavy (non-hydrogen) atoms. The standard InChI is InChI=1S/C10H10F3NO2/c1-16-10(15)14-3-2-7-8(12)4-6(11)5-9(7)13/h4-5H,2-3H2,1H3,(H,14,15). The van der Waals surface area contributed by atoms with Crippen LogP contribution in [0.4, 0.5) is 18.0 Å². The van der Waals surface area contributed by atoms with E-state index in [1.807, 2.05) is 0 Å². The Labute approximate surface area is 90.2 Å². The van der Waals surface area contributed by atoms with Gasteiger partial charge in [0, 0.05) is 24.2 Å². The smallest absolute Gasteiger partial charge is 0.406 e. The molecule has 0 radical (unpaired) electrons. The predicted octanol–water partition coefficient (Wildman–Crippen LogP) is 2.00. The third-order valence-electron chi connectivity index (χ3n) is 1.94. The summed E-state index contributed by atoms with van der Waals surface area (Å²) in [4.78, 5) is 10.6. The Hall–Kier alpha value is -1.72. The molecule has 0 heterocycles. The van der Waals surface area contributed by atoms with Gasteiger partial charge in [0.1, 0.15) is 17.5 Å². The summed E-state index contributed by atoms with van der Waals surface area (Å²) in [5.74, 6) is -2.91. The highest BCUT2D eigenvalue weighted by atomic mass is 19.1. The van der Waals surface area contributed by atoms with Crippen molar-refractivity contribution in [1.82, 2.24) is 5.32 Å². The van der Waals surface area contributed by atoms with Gasteiger partial charge in [-0.1, -0.05) is 0 Å². The zero-order valence-electron chi connectivity index (χ0n) is 8.52. The first kappa shape index (κ1) is 12.4. The molecule has 0 aliphatic rings. The Morgan fingerprint density at radius 3 is 2.38 bits per heavy atom. The van der Waals surface area contributed by atoms with Crippen LogP contribution < -0.4 is 5.32 Å². The quantitative estimate of drug-likeness (QED) is 0.867. The van der Waals surface area contributed by atoms with E-state index in [1.54, 1.807) is 0 Å². The Bertz CT molecular complexity index is 373. The molecular weight excluding hydrogens is 223 g/mol. The third kappa shape index (κ3) is 3.15. The molecule has 3 nitrogen and oxygen atoms in total. The van der Waals surface area contributed by atoms with Gasteiger partial charge in [-0.25, -0.2) is 18.0 Å². The summed E-state index contributed by atoms with van der Waals surface area (Å²) in [6, 6.07) is 1.19. The van der Waals surface area contributed by atoms with Crippen LogP contribution in [0.3, 0.4) is 0 Å². The largest absolute Gasteiger partial charge is 0.453 e. The van der Waals surface area contributed by atoms with Gasteiger partial charge < -0.3 is 10.1 Å². The van der Waals surface area contributed by atoms with Crippen molar-refractivity contribution in [2.45, 2.75) is 6.42 Å². The molecule has 0 atom stereocenters. The van der Waals surface area contributed by atoms with Gasteiger partial charge in [0.15, 0.2) is 0 Å². The molecule has 1 aromatic carbocycles. The van der Waals surface area contributed by atoms with Crippen LogP contribution in [-0.4, -0.2) is 19.7 Å². The number of hydrogen-bond acceptors (Lipinski definition) is 2. The van der Waals surface area contributed by atoms with Crippen LogP contribution in [0.1, 0.15) is 5.56 Å². The highest BCUT2D eigenvalue weighted by Gasteiger charge is 2.11. The molecule has 0 spiro atoms. The second-order valence-corrected chi connectivity index (χ2v) is 3.02. The van der Waals surface area contributed by atoms with Crippen molar-refractivity contribution in [3.8, 4) is 0 Å². The lowest BCUT2D eigenvalue weighted by atomic mass is 10.1. The molecule has 88 valence electrons. The summed E-state index contributed by atoms with van der Waals surface area (Å²) in [5.41, 5.74) is -0.266. The van der Waals surface area contributed by atoms with Gasteiger partial charge in [0.25, 0.3) is 0 Å². The second-order valence-electron chi connectivity index (χ2n) is 3.02. The van der Waals surface area contributed by atoms with E-state index in [-0.39, 0.29) is 18.5 Å². The van der Waals surface area contributed by atoms with Crippen molar-refractivity contribution >= 4 is 6.09 Å². The van der Waals surface area contributed by atoms with Crippen molar-refractivity contribution in [3.05, 3.63) is 35.1 Å². The first-order valence-corrected chi connectivity index (χ1v) is 4.50. The summed E-state index contributed by atoms with van der Waals surface area (Å²) in [7, 11) is 1.17. The van der Waals surface area contributed by atoms with E-state index in [4.69, 9.17) is 0 Å².